The van der Waals surface area contributed by atoms with Gasteiger partial charge in [0.1, 0.15) is 0 Å². The molecule has 1 aromatic heterocycles. The molecule has 1 saturated carbocycles. The molecule has 0 radical (unpaired) electrons. The molecule has 0 aromatic carbocycles. The molecule has 0 amide bonds. The molecular formula is C14H24N2O. The van der Waals surface area contributed by atoms with E-state index in [1.807, 2.05) is 20.2 Å². The van der Waals surface area contributed by atoms with Crippen LogP contribution >= 0.6 is 0 Å². The molecule has 1 aromatic rings. The summed E-state index contributed by atoms with van der Waals surface area (Å²) in [5.74, 6) is 1.86. The van der Waals surface area contributed by atoms with E-state index in [4.69, 9.17) is 0 Å². The van der Waals surface area contributed by atoms with Crippen LogP contribution in [0.3, 0.4) is 0 Å². The predicted octanol–water partition coefficient (Wildman–Crippen LogP) is 2.83. The first-order chi connectivity index (χ1) is 7.97. The van der Waals surface area contributed by atoms with Gasteiger partial charge < -0.3 is 5.11 Å². The molecule has 0 saturated heterocycles. The highest BCUT2D eigenvalue weighted by Gasteiger charge is 2.31. The Morgan fingerprint density at radius 3 is 2.35 bits per heavy atom. The van der Waals surface area contributed by atoms with Crippen LogP contribution in [0, 0.1) is 24.7 Å². The fraction of sp³-hybridized carbons (Fsp3) is 0.786. The maximum atomic E-state index is 10.5. The summed E-state index contributed by atoms with van der Waals surface area (Å²) in [5.41, 5.74) is 1.98. The fourth-order valence-electron chi connectivity index (χ4n) is 3.43. The summed E-state index contributed by atoms with van der Waals surface area (Å²) in [7, 11) is 1.91. The molecule has 3 nitrogen and oxygen atoms in total. The van der Waals surface area contributed by atoms with Crippen molar-refractivity contribution in [2.45, 2.75) is 46.1 Å². The summed E-state index contributed by atoms with van der Waals surface area (Å²) in [4.78, 5) is 0. The smallest absolute Gasteiger partial charge is 0.0851 e. The van der Waals surface area contributed by atoms with Gasteiger partial charge in [-0.2, -0.15) is 5.10 Å². The Bertz CT molecular complexity index is 376. The van der Waals surface area contributed by atoms with Gasteiger partial charge in [0.15, 0.2) is 0 Å². The lowest BCUT2D eigenvalue weighted by molar-refractivity contribution is 0.0547. The zero-order valence-electron chi connectivity index (χ0n) is 11.3. The maximum Gasteiger partial charge on any atom is 0.0851 e. The average Bonchev–Trinajstić information content (AvgIpc) is 2.55. The summed E-state index contributed by atoms with van der Waals surface area (Å²) in [6, 6.07) is 0. The molecule has 2 rings (SSSR count). The third kappa shape index (κ3) is 2.71. The van der Waals surface area contributed by atoms with Crippen molar-refractivity contribution in [2.75, 3.05) is 0 Å². The van der Waals surface area contributed by atoms with Gasteiger partial charge in [-0.25, -0.2) is 0 Å². The van der Waals surface area contributed by atoms with Crippen LogP contribution in [0.4, 0.5) is 0 Å². The second kappa shape index (κ2) is 4.81. The SMILES string of the molecule is Cc1nn(C)cc1C(O)C1CC(C)CC(C)C1. The van der Waals surface area contributed by atoms with Gasteiger partial charge in [0.2, 0.25) is 0 Å². The van der Waals surface area contributed by atoms with Crippen LogP contribution < -0.4 is 0 Å². The lowest BCUT2D eigenvalue weighted by Gasteiger charge is -2.34. The quantitative estimate of drug-likeness (QED) is 0.857. The van der Waals surface area contributed by atoms with Crippen LogP contribution in [-0.2, 0) is 7.05 Å². The molecular weight excluding hydrogens is 212 g/mol. The van der Waals surface area contributed by atoms with E-state index in [9.17, 15) is 5.11 Å². The van der Waals surface area contributed by atoms with Gasteiger partial charge in [-0.15, -0.1) is 0 Å². The first kappa shape index (κ1) is 12.6. The summed E-state index contributed by atoms with van der Waals surface area (Å²) >= 11 is 0. The van der Waals surface area contributed by atoms with Crippen molar-refractivity contribution >= 4 is 0 Å². The molecule has 96 valence electrons. The number of aryl methyl sites for hydroxylation is 2. The number of aliphatic hydroxyl groups excluding tert-OH is 1. The second-order valence-electron chi connectivity index (χ2n) is 5.97. The van der Waals surface area contributed by atoms with Crippen LogP contribution in [0.5, 0.6) is 0 Å². The van der Waals surface area contributed by atoms with E-state index >= 15 is 0 Å². The van der Waals surface area contributed by atoms with Crippen LogP contribution in [-0.4, -0.2) is 14.9 Å². The Morgan fingerprint density at radius 2 is 1.88 bits per heavy atom. The van der Waals surface area contributed by atoms with Crippen LogP contribution in [0.15, 0.2) is 6.20 Å². The minimum Gasteiger partial charge on any atom is -0.388 e. The van der Waals surface area contributed by atoms with E-state index in [2.05, 4.69) is 18.9 Å². The van der Waals surface area contributed by atoms with Crippen molar-refractivity contribution in [1.29, 1.82) is 0 Å². The Morgan fingerprint density at radius 1 is 1.29 bits per heavy atom. The predicted molar refractivity (Wildman–Crippen MR) is 68.6 cm³/mol. The molecule has 3 atom stereocenters. The van der Waals surface area contributed by atoms with Crippen LogP contribution in [0.1, 0.15) is 50.5 Å². The molecule has 1 aliphatic carbocycles. The summed E-state index contributed by atoms with van der Waals surface area (Å²) in [6.07, 6.45) is 5.20. The Balaban J connectivity index is 2.14. The van der Waals surface area contributed by atoms with Crippen molar-refractivity contribution in [3.63, 3.8) is 0 Å². The van der Waals surface area contributed by atoms with E-state index in [0.29, 0.717) is 5.92 Å². The Labute approximate surface area is 104 Å². The van der Waals surface area contributed by atoms with Crippen molar-refractivity contribution in [3.8, 4) is 0 Å². The summed E-state index contributed by atoms with van der Waals surface area (Å²) in [5, 5.41) is 14.8. The third-order valence-electron chi connectivity index (χ3n) is 4.03. The number of hydrogen-bond acceptors (Lipinski definition) is 2. The normalized spacial score (nSPS) is 31.5. The van der Waals surface area contributed by atoms with Crippen molar-refractivity contribution in [1.82, 2.24) is 9.78 Å². The van der Waals surface area contributed by atoms with Gasteiger partial charge in [0.25, 0.3) is 0 Å². The average molecular weight is 236 g/mol. The molecule has 1 aliphatic rings. The zero-order valence-corrected chi connectivity index (χ0v) is 11.3. The van der Waals surface area contributed by atoms with Gasteiger partial charge in [-0.3, -0.25) is 4.68 Å². The third-order valence-corrected chi connectivity index (χ3v) is 4.03. The molecule has 3 heteroatoms. The number of aliphatic hydroxyl groups is 1. The van der Waals surface area contributed by atoms with E-state index in [1.54, 1.807) is 4.68 Å². The van der Waals surface area contributed by atoms with Gasteiger partial charge in [-0.1, -0.05) is 13.8 Å². The molecule has 1 heterocycles. The van der Waals surface area contributed by atoms with Gasteiger partial charge in [0, 0.05) is 18.8 Å². The highest BCUT2D eigenvalue weighted by atomic mass is 16.3. The minimum absolute atomic E-state index is 0.339. The van der Waals surface area contributed by atoms with Crippen molar-refractivity contribution < 1.29 is 5.11 Å². The summed E-state index contributed by atoms with van der Waals surface area (Å²) in [6.45, 7) is 6.57. The number of hydrogen-bond donors (Lipinski definition) is 1. The largest absolute Gasteiger partial charge is 0.388 e. The standard InChI is InChI=1S/C14H24N2O/c1-9-5-10(2)7-12(6-9)14(17)13-8-16(4)15-11(13)3/h8-10,12,14,17H,5-7H2,1-4H3. The molecule has 3 unspecified atom stereocenters. The fourth-order valence-corrected chi connectivity index (χ4v) is 3.43. The Kier molecular flexibility index (Phi) is 3.57. The highest BCUT2D eigenvalue weighted by Crippen LogP contribution is 2.40. The number of nitrogens with zero attached hydrogens (tertiary/aromatic N) is 2. The van der Waals surface area contributed by atoms with Crippen molar-refractivity contribution in [3.05, 3.63) is 17.5 Å². The molecule has 0 bridgehead atoms. The molecule has 1 N–H and O–H groups in total. The second-order valence-corrected chi connectivity index (χ2v) is 5.97. The van der Waals surface area contributed by atoms with E-state index < -0.39 is 0 Å². The van der Waals surface area contributed by atoms with Gasteiger partial charge >= 0.3 is 0 Å². The molecule has 1 fully saturated rings. The van der Waals surface area contributed by atoms with Gasteiger partial charge in [-0.05, 0) is 43.9 Å². The number of aromatic nitrogens is 2. The molecule has 0 aliphatic heterocycles. The highest BCUT2D eigenvalue weighted by molar-refractivity contribution is 5.19. The van der Waals surface area contributed by atoms with Crippen LogP contribution in [0.2, 0.25) is 0 Å². The van der Waals surface area contributed by atoms with Crippen LogP contribution in [0.25, 0.3) is 0 Å². The van der Waals surface area contributed by atoms with Gasteiger partial charge in [0.05, 0.1) is 11.8 Å². The molecule has 17 heavy (non-hydrogen) atoms. The van der Waals surface area contributed by atoms with E-state index in [1.165, 1.54) is 6.42 Å². The van der Waals surface area contributed by atoms with E-state index in [-0.39, 0.29) is 6.10 Å². The van der Waals surface area contributed by atoms with E-state index in [0.717, 1.165) is 35.9 Å². The summed E-state index contributed by atoms with van der Waals surface area (Å²) < 4.78 is 1.80. The first-order valence-electron chi connectivity index (χ1n) is 6.65. The molecule has 0 spiro atoms. The lowest BCUT2D eigenvalue weighted by Crippen LogP contribution is -2.24. The number of rotatable bonds is 2. The monoisotopic (exact) mass is 236 g/mol. The Hall–Kier alpha value is -0.830. The maximum absolute atomic E-state index is 10.5. The minimum atomic E-state index is -0.339. The lowest BCUT2D eigenvalue weighted by atomic mass is 9.73. The topological polar surface area (TPSA) is 38.0 Å². The first-order valence-corrected chi connectivity index (χ1v) is 6.65. The van der Waals surface area contributed by atoms with Crippen molar-refractivity contribution in [2.24, 2.45) is 24.8 Å². The zero-order chi connectivity index (χ0) is 12.6.